The third kappa shape index (κ3) is 2.62. The second kappa shape index (κ2) is 5.36. The van der Waals surface area contributed by atoms with Gasteiger partial charge in [-0.2, -0.15) is 0 Å². The number of hydrogen-bond acceptors (Lipinski definition) is 3. The summed E-state index contributed by atoms with van der Waals surface area (Å²) in [6.45, 7) is 3.34. The maximum atomic E-state index is 4.47. The van der Waals surface area contributed by atoms with E-state index in [0.717, 1.165) is 30.2 Å². The molecular weight excluding hydrogens is 222 g/mol. The fraction of sp³-hybridized carbons (Fsp3) is 0.400. The number of rotatable bonds is 3. The Morgan fingerprint density at radius 2 is 2.28 bits per heavy atom. The van der Waals surface area contributed by atoms with Crippen molar-refractivity contribution >= 4 is 16.6 Å². The van der Waals surface area contributed by atoms with Crippen molar-refractivity contribution in [1.82, 2.24) is 10.3 Å². The summed E-state index contributed by atoms with van der Waals surface area (Å²) in [5.41, 5.74) is 2.18. The van der Waals surface area contributed by atoms with E-state index in [4.69, 9.17) is 0 Å². The predicted octanol–water partition coefficient (Wildman–Crippen LogP) is 2.65. The van der Waals surface area contributed by atoms with Gasteiger partial charge in [-0.3, -0.25) is 4.98 Å². The van der Waals surface area contributed by atoms with E-state index in [1.807, 2.05) is 18.3 Å². The van der Waals surface area contributed by atoms with Gasteiger partial charge in [-0.1, -0.05) is 18.2 Å². The molecule has 1 aromatic carbocycles. The Balaban J connectivity index is 1.66. The molecule has 3 nitrogen and oxygen atoms in total. The van der Waals surface area contributed by atoms with Crippen molar-refractivity contribution in [2.75, 3.05) is 25.0 Å². The number of benzene rings is 1. The standard InChI is InChI=1S/C15H19N3/c1-2-6-15-13(5-1)8-14(11-18-15)17-10-12-4-3-7-16-9-12/h1-2,5-6,8,11-12,16-17H,3-4,7,9-10H2. The SMILES string of the molecule is c1ccc2ncc(NCC3CCCNC3)cc2c1. The minimum Gasteiger partial charge on any atom is -0.383 e. The molecule has 3 rings (SSSR count). The van der Waals surface area contributed by atoms with Crippen LogP contribution in [-0.4, -0.2) is 24.6 Å². The van der Waals surface area contributed by atoms with Gasteiger partial charge in [0.05, 0.1) is 17.4 Å². The van der Waals surface area contributed by atoms with Crippen molar-refractivity contribution in [3.05, 3.63) is 36.5 Å². The van der Waals surface area contributed by atoms with E-state index in [2.05, 4.69) is 33.8 Å². The van der Waals surface area contributed by atoms with Gasteiger partial charge in [0.15, 0.2) is 0 Å². The Morgan fingerprint density at radius 1 is 1.33 bits per heavy atom. The molecular formula is C15H19N3. The summed E-state index contributed by atoms with van der Waals surface area (Å²) in [5.74, 6) is 0.741. The van der Waals surface area contributed by atoms with Crippen molar-refractivity contribution < 1.29 is 0 Å². The molecule has 1 aliphatic heterocycles. The summed E-state index contributed by atoms with van der Waals surface area (Å²) in [6, 6.07) is 10.4. The molecule has 2 aromatic rings. The molecule has 1 saturated heterocycles. The summed E-state index contributed by atoms with van der Waals surface area (Å²) >= 11 is 0. The molecule has 0 saturated carbocycles. The van der Waals surface area contributed by atoms with Crippen molar-refractivity contribution in [3.63, 3.8) is 0 Å². The number of nitrogens with zero attached hydrogens (tertiary/aromatic N) is 1. The second-order valence-corrected chi connectivity index (χ2v) is 5.01. The number of fused-ring (bicyclic) bond motifs is 1. The molecule has 0 amide bonds. The molecule has 1 aliphatic rings. The highest BCUT2D eigenvalue weighted by molar-refractivity contribution is 5.81. The van der Waals surface area contributed by atoms with Crippen LogP contribution in [-0.2, 0) is 0 Å². The van der Waals surface area contributed by atoms with Crippen LogP contribution in [0.25, 0.3) is 10.9 Å². The molecule has 2 N–H and O–H groups in total. The average molecular weight is 241 g/mol. The number of para-hydroxylation sites is 1. The van der Waals surface area contributed by atoms with Crippen LogP contribution in [0.2, 0.25) is 0 Å². The molecule has 2 heterocycles. The zero-order valence-corrected chi connectivity index (χ0v) is 10.5. The fourth-order valence-electron chi connectivity index (χ4n) is 2.53. The second-order valence-electron chi connectivity index (χ2n) is 5.01. The van der Waals surface area contributed by atoms with E-state index in [-0.39, 0.29) is 0 Å². The molecule has 0 bridgehead atoms. The lowest BCUT2D eigenvalue weighted by Gasteiger charge is -2.23. The average Bonchev–Trinajstić information content (AvgIpc) is 2.46. The number of pyridine rings is 1. The molecule has 3 heteroatoms. The fourth-order valence-corrected chi connectivity index (χ4v) is 2.53. The molecule has 0 spiro atoms. The maximum absolute atomic E-state index is 4.47. The quantitative estimate of drug-likeness (QED) is 0.867. The Kier molecular flexibility index (Phi) is 3.42. The van der Waals surface area contributed by atoms with E-state index in [1.165, 1.54) is 24.8 Å². The third-order valence-electron chi connectivity index (χ3n) is 3.58. The number of nitrogens with one attached hydrogen (secondary N) is 2. The van der Waals surface area contributed by atoms with Crippen LogP contribution in [0.15, 0.2) is 36.5 Å². The topological polar surface area (TPSA) is 37.0 Å². The number of aromatic nitrogens is 1. The Bertz CT molecular complexity index is 518. The van der Waals surface area contributed by atoms with Crippen LogP contribution >= 0.6 is 0 Å². The van der Waals surface area contributed by atoms with Gasteiger partial charge in [0.25, 0.3) is 0 Å². The van der Waals surface area contributed by atoms with Crippen LogP contribution in [0.5, 0.6) is 0 Å². The van der Waals surface area contributed by atoms with Gasteiger partial charge in [-0.05, 0) is 44.0 Å². The maximum Gasteiger partial charge on any atom is 0.0703 e. The monoisotopic (exact) mass is 241 g/mol. The van der Waals surface area contributed by atoms with Gasteiger partial charge in [0.2, 0.25) is 0 Å². The van der Waals surface area contributed by atoms with Crippen LogP contribution in [0, 0.1) is 5.92 Å². The Labute approximate surface area is 108 Å². The molecule has 1 fully saturated rings. The van der Waals surface area contributed by atoms with Gasteiger partial charge in [-0.25, -0.2) is 0 Å². The van der Waals surface area contributed by atoms with Crippen LogP contribution in [0.4, 0.5) is 5.69 Å². The van der Waals surface area contributed by atoms with Crippen molar-refractivity contribution in [3.8, 4) is 0 Å². The highest BCUT2D eigenvalue weighted by Crippen LogP contribution is 2.17. The van der Waals surface area contributed by atoms with Gasteiger partial charge in [0, 0.05) is 11.9 Å². The normalized spacial score (nSPS) is 19.9. The summed E-state index contributed by atoms with van der Waals surface area (Å²) in [5, 5.41) is 8.15. The molecule has 94 valence electrons. The minimum absolute atomic E-state index is 0.741. The van der Waals surface area contributed by atoms with Gasteiger partial charge >= 0.3 is 0 Å². The molecule has 18 heavy (non-hydrogen) atoms. The lowest BCUT2D eigenvalue weighted by Crippen LogP contribution is -2.33. The largest absolute Gasteiger partial charge is 0.383 e. The summed E-state index contributed by atoms with van der Waals surface area (Å²) in [7, 11) is 0. The lowest BCUT2D eigenvalue weighted by molar-refractivity contribution is 0.393. The summed E-state index contributed by atoms with van der Waals surface area (Å²) < 4.78 is 0. The van der Waals surface area contributed by atoms with E-state index in [0.29, 0.717) is 0 Å². The van der Waals surface area contributed by atoms with E-state index in [9.17, 15) is 0 Å². The van der Waals surface area contributed by atoms with E-state index < -0.39 is 0 Å². The van der Waals surface area contributed by atoms with E-state index >= 15 is 0 Å². The van der Waals surface area contributed by atoms with Crippen molar-refractivity contribution in [2.24, 2.45) is 5.92 Å². The third-order valence-corrected chi connectivity index (χ3v) is 3.58. The van der Waals surface area contributed by atoms with Crippen molar-refractivity contribution in [1.29, 1.82) is 0 Å². The summed E-state index contributed by atoms with van der Waals surface area (Å²) in [4.78, 5) is 4.47. The Hall–Kier alpha value is -1.61. The zero-order chi connectivity index (χ0) is 12.2. The number of piperidine rings is 1. The zero-order valence-electron chi connectivity index (χ0n) is 10.5. The van der Waals surface area contributed by atoms with Crippen LogP contribution in [0.1, 0.15) is 12.8 Å². The van der Waals surface area contributed by atoms with Gasteiger partial charge < -0.3 is 10.6 Å². The molecule has 0 radical (unpaired) electrons. The van der Waals surface area contributed by atoms with Gasteiger partial charge in [0.1, 0.15) is 0 Å². The highest BCUT2D eigenvalue weighted by atomic mass is 14.9. The highest BCUT2D eigenvalue weighted by Gasteiger charge is 2.12. The Morgan fingerprint density at radius 3 is 3.17 bits per heavy atom. The molecule has 1 unspecified atom stereocenters. The van der Waals surface area contributed by atoms with Crippen molar-refractivity contribution in [2.45, 2.75) is 12.8 Å². The number of anilines is 1. The lowest BCUT2D eigenvalue weighted by atomic mass is 10.00. The molecule has 0 aliphatic carbocycles. The predicted molar refractivity (Wildman–Crippen MR) is 75.8 cm³/mol. The summed E-state index contributed by atoms with van der Waals surface area (Å²) in [6.07, 6.45) is 4.54. The van der Waals surface area contributed by atoms with Crippen LogP contribution in [0.3, 0.4) is 0 Å². The first-order valence-corrected chi connectivity index (χ1v) is 6.71. The van der Waals surface area contributed by atoms with Gasteiger partial charge in [-0.15, -0.1) is 0 Å². The van der Waals surface area contributed by atoms with E-state index in [1.54, 1.807) is 0 Å². The first kappa shape index (κ1) is 11.5. The first-order chi connectivity index (χ1) is 8.92. The minimum atomic E-state index is 0.741. The smallest absolute Gasteiger partial charge is 0.0703 e. The molecule has 1 aromatic heterocycles. The molecule has 1 atom stereocenters. The van der Waals surface area contributed by atoms with Crippen LogP contribution < -0.4 is 10.6 Å². The number of hydrogen-bond donors (Lipinski definition) is 2. The first-order valence-electron chi connectivity index (χ1n) is 6.71.